The Hall–Kier alpha value is -5.19. The molecule has 1 unspecified atom stereocenters. The first kappa shape index (κ1) is 26.1. The number of aromatic nitrogens is 6. The van der Waals surface area contributed by atoms with Gasteiger partial charge in [0, 0.05) is 5.56 Å². The Bertz CT molecular complexity index is 1990. The number of rotatable bonds is 6. The summed E-state index contributed by atoms with van der Waals surface area (Å²) in [5.74, 6) is -0.477. The lowest BCUT2D eigenvalue weighted by Gasteiger charge is -2.19. The summed E-state index contributed by atoms with van der Waals surface area (Å²) >= 11 is 0. The number of anilines is 1. The van der Waals surface area contributed by atoms with Crippen molar-refractivity contribution in [3.8, 4) is 22.7 Å². The Morgan fingerprint density at radius 1 is 0.951 bits per heavy atom. The Balaban J connectivity index is 1.58. The van der Waals surface area contributed by atoms with Crippen molar-refractivity contribution < 1.29 is 13.5 Å². The largest absolute Gasteiger partial charge is 0.488 e. The summed E-state index contributed by atoms with van der Waals surface area (Å²) in [5.41, 5.74) is 7.90. The third kappa shape index (κ3) is 4.54. The number of ether oxygens (including phenoxy) is 1. The number of halogens is 2. The molecule has 0 aliphatic rings. The van der Waals surface area contributed by atoms with Crippen LogP contribution in [0, 0.1) is 11.6 Å². The molecule has 0 amide bonds. The van der Waals surface area contributed by atoms with Crippen LogP contribution in [0.15, 0.2) is 77.9 Å². The number of hydrogen-bond acceptors (Lipinski definition) is 7. The van der Waals surface area contributed by atoms with E-state index in [2.05, 4.69) is 9.97 Å². The molecule has 0 radical (unpaired) electrons. The lowest BCUT2D eigenvalue weighted by molar-refractivity contribution is 0.231. The molecule has 3 aromatic heterocycles. The predicted octanol–water partition coefficient (Wildman–Crippen LogP) is 5.45. The van der Waals surface area contributed by atoms with Crippen LogP contribution in [-0.4, -0.2) is 35.4 Å². The van der Waals surface area contributed by atoms with E-state index in [0.717, 1.165) is 0 Å². The van der Waals surface area contributed by atoms with Crippen LogP contribution in [0.4, 0.5) is 14.6 Å². The average molecular weight is 554 g/mol. The van der Waals surface area contributed by atoms with Gasteiger partial charge in [-0.05, 0) is 69.3 Å². The molecule has 3 heterocycles. The number of nitrogen functional groups attached to an aromatic ring is 1. The van der Waals surface area contributed by atoms with Crippen LogP contribution < -0.4 is 16.0 Å². The Labute approximate surface area is 232 Å². The molecule has 1 atom stereocenters. The van der Waals surface area contributed by atoms with E-state index in [9.17, 15) is 13.6 Å². The minimum atomic E-state index is -0.670. The van der Waals surface area contributed by atoms with Gasteiger partial charge in [-0.25, -0.2) is 28.4 Å². The van der Waals surface area contributed by atoms with Gasteiger partial charge < -0.3 is 10.5 Å². The third-order valence-corrected chi connectivity index (χ3v) is 6.70. The fourth-order valence-corrected chi connectivity index (χ4v) is 4.86. The van der Waals surface area contributed by atoms with E-state index in [1.807, 2.05) is 26.8 Å². The number of para-hydroxylation sites is 1. The van der Waals surface area contributed by atoms with Crippen molar-refractivity contribution in [3.63, 3.8) is 0 Å². The molecule has 206 valence electrons. The van der Waals surface area contributed by atoms with E-state index >= 15 is 0 Å². The molecule has 0 saturated carbocycles. The fraction of sp³-hybridized carbons (Fsp3) is 0.167. The maximum atomic E-state index is 15.0. The van der Waals surface area contributed by atoms with Crippen molar-refractivity contribution in [2.24, 2.45) is 0 Å². The lowest BCUT2D eigenvalue weighted by Crippen LogP contribution is -2.27. The summed E-state index contributed by atoms with van der Waals surface area (Å²) in [6.07, 6.45) is 1.11. The molecule has 0 aliphatic carbocycles. The first-order chi connectivity index (χ1) is 19.7. The molecular formula is C30H25F2N7O2. The molecule has 3 aromatic carbocycles. The Morgan fingerprint density at radius 2 is 1.73 bits per heavy atom. The smallest absolute Gasteiger partial charge is 0.266 e. The summed E-state index contributed by atoms with van der Waals surface area (Å²) in [7, 11) is 0. The van der Waals surface area contributed by atoms with Gasteiger partial charge in [0.15, 0.2) is 17.2 Å². The van der Waals surface area contributed by atoms with Gasteiger partial charge in [-0.1, -0.05) is 18.2 Å². The van der Waals surface area contributed by atoms with E-state index in [0.29, 0.717) is 39.3 Å². The van der Waals surface area contributed by atoms with Gasteiger partial charge in [0.05, 0.1) is 28.1 Å². The second-order valence-corrected chi connectivity index (χ2v) is 9.85. The van der Waals surface area contributed by atoms with Crippen LogP contribution >= 0.6 is 0 Å². The molecule has 11 heteroatoms. The van der Waals surface area contributed by atoms with E-state index in [4.69, 9.17) is 20.6 Å². The lowest BCUT2D eigenvalue weighted by atomic mass is 10.1. The van der Waals surface area contributed by atoms with E-state index in [1.165, 1.54) is 41.2 Å². The summed E-state index contributed by atoms with van der Waals surface area (Å²) in [4.78, 5) is 27.1. The van der Waals surface area contributed by atoms with Crippen LogP contribution in [0.5, 0.6) is 5.75 Å². The fourth-order valence-electron chi connectivity index (χ4n) is 4.86. The SMILES string of the molecule is CC(C)Oc1ccc(-c2nn(C(C)c3nc4ccc(F)cc4c(=O)n3-c3ccccc3)c3ncnc(N)c23)cc1F. The van der Waals surface area contributed by atoms with Crippen molar-refractivity contribution >= 4 is 27.8 Å². The van der Waals surface area contributed by atoms with Crippen molar-refractivity contribution in [1.82, 2.24) is 29.3 Å². The van der Waals surface area contributed by atoms with Gasteiger partial charge >= 0.3 is 0 Å². The van der Waals surface area contributed by atoms with Crippen LogP contribution in [-0.2, 0) is 0 Å². The molecule has 9 nitrogen and oxygen atoms in total. The summed E-state index contributed by atoms with van der Waals surface area (Å²) in [6.45, 7) is 5.44. The maximum Gasteiger partial charge on any atom is 0.266 e. The highest BCUT2D eigenvalue weighted by atomic mass is 19.1. The van der Waals surface area contributed by atoms with E-state index < -0.39 is 23.2 Å². The highest BCUT2D eigenvalue weighted by molar-refractivity contribution is 5.98. The Morgan fingerprint density at radius 3 is 2.46 bits per heavy atom. The monoisotopic (exact) mass is 553 g/mol. The Kier molecular flexibility index (Phi) is 6.41. The first-order valence-electron chi connectivity index (χ1n) is 13.0. The first-order valence-corrected chi connectivity index (χ1v) is 13.0. The van der Waals surface area contributed by atoms with Gasteiger partial charge in [-0.15, -0.1) is 0 Å². The highest BCUT2D eigenvalue weighted by Gasteiger charge is 2.26. The topological polar surface area (TPSA) is 114 Å². The molecule has 41 heavy (non-hydrogen) atoms. The van der Waals surface area contributed by atoms with Crippen LogP contribution in [0.2, 0.25) is 0 Å². The van der Waals surface area contributed by atoms with E-state index in [1.54, 1.807) is 35.0 Å². The van der Waals surface area contributed by atoms with Crippen molar-refractivity contribution in [3.05, 3.63) is 101 Å². The van der Waals surface area contributed by atoms with Crippen molar-refractivity contribution in [2.45, 2.75) is 32.9 Å². The molecule has 0 aliphatic heterocycles. The highest BCUT2D eigenvalue weighted by Crippen LogP contribution is 2.35. The minimum absolute atomic E-state index is 0.119. The number of fused-ring (bicyclic) bond motifs is 2. The van der Waals surface area contributed by atoms with Gasteiger partial charge in [0.1, 0.15) is 35.5 Å². The van der Waals surface area contributed by atoms with E-state index in [-0.39, 0.29) is 23.1 Å². The molecule has 2 N–H and O–H groups in total. The minimum Gasteiger partial charge on any atom is -0.488 e. The van der Waals surface area contributed by atoms with Gasteiger partial charge in [0.2, 0.25) is 0 Å². The zero-order chi connectivity index (χ0) is 28.8. The normalized spacial score (nSPS) is 12.3. The number of nitrogens with two attached hydrogens (primary N) is 1. The molecule has 0 fully saturated rings. The maximum absolute atomic E-state index is 15.0. The standard InChI is InChI=1S/C30H25F2N7O2/c1-16(2)41-24-12-9-18(13-22(24)32)26-25-27(33)34-15-35-29(25)39(37-26)17(3)28-36-23-11-10-19(31)14-21(23)30(40)38(28)20-7-5-4-6-8-20/h4-17H,1-3H3,(H2,33,34,35). The predicted molar refractivity (Wildman–Crippen MR) is 152 cm³/mol. The number of nitrogens with zero attached hydrogens (tertiary/aromatic N) is 6. The van der Waals surface area contributed by atoms with Gasteiger partial charge in [-0.2, -0.15) is 5.10 Å². The molecular weight excluding hydrogens is 528 g/mol. The summed E-state index contributed by atoms with van der Waals surface area (Å²) in [6, 6.07) is 16.7. The second-order valence-electron chi connectivity index (χ2n) is 9.85. The molecule has 6 rings (SSSR count). The zero-order valence-electron chi connectivity index (χ0n) is 22.4. The second kappa shape index (κ2) is 10.1. The molecule has 0 saturated heterocycles. The van der Waals surface area contributed by atoms with Gasteiger partial charge in [-0.3, -0.25) is 9.36 Å². The third-order valence-electron chi connectivity index (χ3n) is 6.70. The zero-order valence-corrected chi connectivity index (χ0v) is 22.4. The van der Waals surface area contributed by atoms with Crippen LogP contribution in [0.25, 0.3) is 38.9 Å². The number of benzene rings is 3. The van der Waals surface area contributed by atoms with Crippen molar-refractivity contribution in [2.75, 3.05) is 5.73 Å². The van der Waals surface area contributed by atoms with Crippen LogP contribution in [0.1, 0.15) is 32.6 Å². The van der Waals surface area contributed by atoms with Crippen molar-refractivity contribution in [1.29, 1.82) is 0 Å². The summed E-state index contributed by atoms with van der Waals surface area (Å²) < 4.78 is 37.7. The average Bonchev–Trinajstić information content (AvgIpc) is 3.35. The van der Waals surface area contributed by atoms with Gasteiger partial charge in [0.25, 0.3) is 5.56 Å². The molecule has 0 spiro atoms. The molecule has 0 bridgehead atoms. The van der Waals surface area contributed by atoms with Crippen LogP contribution in [0.3, 0.4) is 0 Å². The number of hydrogen-bond donors (Lipinski definition) is 1. The molecule has 6 aromatic rings. The quantitative estimate of drug-likeness (QED) is 0.292. The summed E-state index contributed by atoms with van der Waals surface area (Å²) in [5, 5.41) is 5.36.